The van der Waals surface area contributed by atoms with Crippen LogP contribution >= 0.6 is 0 Å². The van der Waals surface area contributed by atoms with Crippen LogP contribution in [-0.4, -0.2) is 61.3 Å². The number of hydrogen-bond acceptors (Lipinski definition) is 7. The molecule has 0 radical (unpaired) electrons. The zero-order chi connectivity index (χ0) is 18.1. The highest BCUT2D eigenvalue weighted by Gasteiger charge is 2.23. The van der Waals surface area contributed by atoms with Crippen molar-refractivity contribution in [3.63, 3.8) is 0 Å². The molecule has 0 aliphatic carbocycles. The van der Waals surface area contributed by atoms with E-state index in [0.29, 0.717) is 13.2 Å². The number of ether oxygens (including phenoxy) is 3. The van der Waals surface area contributed by atoms with Crippen LogP contribution in [0.2, 0.25) is 0 Å². The van der Waals surface area contributed by atoms with E-state index in [2.05, 4.69) is 27.0 Å². The van der Waals surface area contributed by atoms with Crippen molar-refractivity contribution in [1.82, 2.24) is 9.97 Å². The standard InChI is InChI=1S/C20H22N4O3/c1-2-15(27-16-3-6-26-12-16)9-17-14(1)11-21-20(17)18-10-19(23-13-22-18)24-4-7-25-8-5-24/h1-2,9-10,13,16H,3-8,11-12H2/t16-/m1/s1. The first-order chi connectivity index (χ1) is 13.4. The van der Waals surface area contributed by atoms with Crippen LogP contribution in [-0.2, 0) is 16.0 Å². The molecular weight excluding hydrogens is 344 g/mol. The molecule has 0 bridgehead atoms. The molecule has 1 aromatic carbocycles. The van der Waals surface area contributed by atoms with E-state index in [1.54, 1.807) is 6.33 Å². The highest BCUT2D eigenvalue weighted by molar-refractivity contribution is 6.14. The monoisotopic (exact) mass is 366 g/mol. The van der Waals surface area contributed by atoms with Gasteiger partial charge < -0.3 is 19.1 Å². The minimum atomic E-state index is 0.136. The van der Waals surface area contributed by atoms with E-state index in [9.17, 15) is 0 Å². The van der Waals surface area contributed by atoms with Crippen molar-refractivity contribution in [2.75, 3.05) is 44.4 Å². The van der Waals surface area contributed by atoms with Gasteiger partial charge in [0.1, 0.15) is 24.0 Å². The molecule has 1 atom stereocenters. The Morgan fingerprint density at radius 2 is 1.96 bits per heavy atom. The summed E-state index contributed by atoms with van der Waals surface area (Å²) in [5, 5.41) is 0. The van der Waals surface area contributed by atoms with Gasteiger partial charge in [-0.25, -0.2) is 9.97 Å². The molecule has 0 spiro atoms. The summed E-state index contributed by atoms with van der Waals surface area (Å²) in [6, 6.07) is 8.23. The van der Waals surface area contributed by atoms with Gasteiger partial charge in [0.15, 0.2) is 0 Å². The molecule has 5 rings (SSSR count). The molecule has 2 fully saturated rings. The first kappa shape index (κ1) is 16.6. The van der Waals surface area contributed by atoms with Crippen LogP contribution in [0, 0.1) is 0 Å². The quantitative estimate of drug-likeness (QED) is 0.822. The maximum absolute atomic E-state index is 6.07. The van der Waals surface area contributed by atoms with Gasteiger partial charge in [-0.3, -0.25) is 4.99 Å². The number of hydrogen-bond donors (Lipinski definition) is 0. The molecule has 3 aliphatic rings. The number of aliphatic imine (C=N–C) groups is 1. The number of aromatic nitrogens is 2. The molecule has 4 heterocycles. The summed E-state index contributed by atoms with van der Waals surface area (Å²) in [5.41, 5.74) is 4.06. The molecule has 2 aromatic rings. The summed E-state index contributed by atoms with van der Waals surface area (Å²) in [5.74, 6) is 1.79. The highest BCUT2D eigenvalue weighted by Crippen LogP contribution is 2.28. The summed E-state index contributed by atoms with van der Waals surface area (Å²) in [6.45, 7) is 5.26. The fourth-order valence-corrected chi connectivity index (χ4v) is 3.70. The van der Waals surface area contributed by atoms with Crippen molar-refractivity contribution in [3.8, 4) is 5.75 Å². The van der Waals surface area contributed by atoms with Gasteiger partial charge in [0.25, 0.3) is 0 Å². The van der Waals surface area contributed by atoms with Crippen LogP contribution in [0.1, 0.15) is 23.2 Å². The smallest absolute Gasteiger partial charge is 0.132 e. The van der Waals surface area contributed by atoms with Gasteiger partial charge in [0, 0.05) is 31.1 Å². The van der Waals surface area contributed by atoms with Crippen LogP contribution in [0.15, 0.2) is 35.6 Å². The second-order valence-electron chi connectivity index (χ2n) is 6.95. The molecule has 0 N–H and O–H groups in total. The lowest BCUT2D eigenvalue weighted by molar-refractivity contribution is 0.122. The van der Waals surface area contributed by atoms with Gasteiger partial charge in [-0.05, 0) is 17.7 Å². The minimum absolute atomic E-state index is 0.136. The highest BCUT2D eigenvalue weighted by atomic mass is 16.5. The molecule has 1 aromatic heterocycles. The van der Waals surface area contributed by atoms with E-state index >= 15 is 0 Å². The fraction of sp³-hybridized carbons (Fsp3) is 0.450. The maximum atomic E-state index is 6.07. The number of benzene rings is 1. The van der Waals surface area contributed by atoms with Gasteiger partial charge >= 0.3 is 0 Å². The lowest BCUT2D eigenvalue weighted by Gasteiger charge is -2.27. The summed E-state index contributed by atoms with van der Waals surface area (Å²) in [7, 11) is 0. The second-order valence-corrected chi connectivity index (χ2v) is 6.95. The zero-order valence-electron chi connectivity index (χ0n) is 15.1. The van der Waals surface area contributed by atoms with Crippen LogP contribution in [0.5, 0.6) is 5.75 Å². The summed E-state index contributed by atoms with van der Waals surface area (Å²) < 4.78 is 16.9. The Labute approximate surface area is 158 Å². The Balaban J connectivity index is 1.41. The molecule has 0 amide bonds. The number of morpholine rings is 1. The zero-order valence-corrected chi connectivity index (χ0v) is 15.1. The number of nitrogens with zero attached hydrogens (tertiary/aromatic N) is 4. The topological polar surface area (TPSA) is 69.1 Å². The molecule has 3 aliphatic heterocycles. The molecule has 140 valence electrons. The van der Waals surface area contributed by atoms with Crippen molar-refractivity contribution < 1.29 is 14.2 Å². The predicted molar refractivity (Wildman–Crippen MR) is 101 cm³/mol. The van der Waals surface area contributed by atoms with E-state index in [4.69, 9.17) is 19.2 Å². The van der Waals surface area contributed by atoms with Crippen molar-refractivity contribution in [3.05, 3.63) is 47.4 Å². The molecule has 2 saturated heterocycles. The Morgan fingerprint density at radius 1 is 1.04 bits per heavy atom. The fourth-order valence-electron chi connectivity index (χ4n) is 3.70. The Morgan fingerprint density at radius 3 is 2.81 bits per heavy atom. The van der Waals surface area contributed by atoms with Crippen LogP contribution in [0.3, 0.4) is 0 Å². The molecule has 7 nitrogen and oxygen atoms in total. The minimum Gasteiger partial charge on any atom is -0.488 e. The molecule has 7 heteroatoms. The Bertz CT molecular complexity index is 858. The third kappa shape index (κ3) is 3.40. The maximum Gasteiger partial charge on any atom is 0.132 e. The Hall–Kier alpha value is -2.51. The average Bonchev–Trinajstić information content (AvgIpc) is 3.38. The Kier molecular flexibility index (Phi) is 4.47. The van der Waals surface area contributed by atoms with Crippen LogP contribution in [0.4, 0.5) is 5.82 Å². The van der Waals surface area contributed by atoms with Crippen LogP contribution < -0.4 is 9.64 Å². The first-order valence-electron chi connectivity index (χ1n) is 9.44. The van der Waals surface area contributed by atoms with E-state index in [1.165, 1.54) is 5.56 Å². The number of rotatable bonds is 4. The SMILES string of the molecule is c1nc(C2=NCc3ccc(O[C@@H]4CCOC4)cc32)cc(N2CCOCC2)n1. The summed E-state index contributed by atoms with van der Waals surface area (Å²) >= 11 is 0. The van der Waals surface area contributed by atoms with Gasteiger partial charge in [0.05, 0.1) is 44.4 Å². The van der Waals surface area contributed by atoms with Crippen LogP contribution in [0.25, 0.3) is 0 Å². The normalized spacial score (nSPS) is 21.9. The second kappa shape index (κ2) is 7.25. The molecular formula is C20H22N4O3. The van der Waals surface area contributed by atoms with Gasteiger partial charge in [-0.15, -0.1) is 0 Å². The number of anilines is 1. The molecule has 27 heavy (non-hydrogen) atoms. The molecule has 0 unspecified atom stereocenters. The lowest BCUT2D eigenvalue weighted by Crippen LogP contribution is -2.36. The van der Waals surface area contributed by atoms with Gasteiger partial charge in [0.2, 0.25) is 0 Å². The van der Waals surface area contributed by atoms with E-state index < -0.39 is 0 Å². The van der Waals surface area contributed by atoms with Crippen molar-refractivity contribution in [2.45, 2.75) is 19.1 Å². The summed E-state index contributed by atoms with van der Waals surface area (Å²) in [4.78, 5) is 15.9. The first-order valence-corrected chi connectivity index (χ1v) is 9.44. The largest absolute Gasteiger partial charge is 0.488 e. The van der Waals surface area contributed by atoms with Crippen molar-refractivity contribution in [2.24, 2.45) is 4.99 Å². The average molecular weight is 366 g/mol. The lowest BCUT2D eigenvalue weighted by atomic mass is 10.0. The summed E-state index contributed by atoms with van der Waals surface area (Å²) in [6.07, 6.45) is 2.70. The van der Waals surface area contributed by atoms with Gasteiger partial charge in [-0.2, -0.15) is 0 Å². The third-order valence-corrected chi connectivity index (χ3v) is 5.16. The molecule has 0 saturated carbocycles. The predicted octanol–water partition coefficient (Wildman–Crippen LogP) is 1.83. The number of fused-ring (bicyclic) bond motifs is 1. The van der Waals surface area contributed by atoms with E-state index in [-0.39, 0.29) is 6.10 Å². The van der Waals surface area contributed by atoms with E-state index in [1.807, 2.05) is 12.1 Å². The van der Waals surface area contributed by atoms with E-state index in [0.717, 1.165) is 67.9 Å². The van der Waals surface area contributed by atoms with Crippen molar-refractivity contribution in [1.29, 1.82) is 0 Å². The third-order valence-electron chi connectivity index (χ3n) is 5.16. The van der Waals surface area contributed by atoms with Gasteiger partial charge in [-0.1, -0.05) is 6.07 Å². The van der Waals surface area contributed by atoms with Crippen molar-refractivity contribution >= 4 is 11.5 Å².